The number of aromatic nitrogens is 2. The summed E-state index contributed by atoms with van der Waals surface area (Å²) in [6.45, 7) is 1.24. The molecule has 0 fully saturated rings. The predicted molar refractivity (Wildman–Crippen MR) is 67.2 cm³/mol. The number of nitrogens with two attached hydrogens (primary N) is 1. The van der Waals surface area contributed by atoms with Crippen molar-refractivity contribution >= 4 is 5.69 Å². The number of benzene rings is 1. The molecule has 0 amide bonds. The van der Waals surface area contributed by atoms with Crippen LogP contribution in [0.15, 0.2) is 36.7 Å². The summed E-state index contributed by atoms with van der Waals surface area (Å²) in [5.41, 5.74) is 6.48. The molecule has 94 valence electrons. The fraction of sp³-hybridized carbons (Fsp3) is 0.250. The van der Waals surface area contributed by atoms with E-state index >= 15 is 0 Å². The van der Waals surface area contributed by atoms with Gasteiger partial charge in [0.15, 0.2) is 0 Å². The lowest BCUT2D eigenvalue weighted by molar-refractivity contribution is -0.384. The molecule has 0 radical (unpaired) electrons. The number of imidazole rings is 1. The van der Waals surface area contributed by atoms with Crippen LogP contribution < -0.4 is 5.73 Å². The van der Waals surface area contributed by atoms with E-state index in [4.69, 9.17) is 5.73 Å². The third-order valence-corrected chi connectivity index (χ3v) is 2.66. The fourth-order valence-electron chi connectivity index (χ4n) is 1.81. The number of hydrogen-bond acceptors (Lipinski definition) is 4. The zero-order valence-corrected chi connectivity index (χ0v) is 9.82. The Bertz CT molecular complexity index is 551. The van der Waals surface area contributed by atoms with Crippen molar-refractivity contribution in [1.29, 1.82) is 0 Å². The number of rotatable bonds is 5. The van der Waals surface area contributed by atoms with Gasteiger partial charge in [0.1, 0.15) is 5.82 Å². The molecule has 2 N–H and O–H groups in total. The summed E-state index contributed by atoms with van der Waals surface area (Å²) in [5, 5.41) is 10.7. The quantitative estimate of drug-likeness (QED) is 0.637. The van der Waals surface area contributed by atoms with Gasteiger partial charge in [0.05, 0.1) is 4.92 Å². The first-order valence-corrected chi connectivity index (χ1v) is 5.64. The molecule has 0 saturated heterocycles. The molecule has 0 aliphatic rings. The molecular weight excluding hydrogens is 232 g/mol. The topological polar surface area (TPSA) is 87.0 Å². The zero-order chi connectivity index (χ0) is 13.0. The SMILES string of the molecule is NCCn1ccnc1Cc1cccc([N+](=O)[O-])c1. The van der Waals surface area contributed by atoms with Crippen LogP contribution in [0, 0.1) is 10.1 Å². The van der Waals surface area contributed by atoms with Crippen molar-refractivity contribution in [2.24, 2.45) is 5.73 Å². The molecule has 6 heteroatoms. The Kier molecular flexibility index (Phi) is 3.69. The molecule has 1 aromatic heterocycles. The molecule has 1 heterocycles. The van der Waals surface area contributed by atoms with Gasteiger partial charge in [-0.3, -0.25) is 10.1 Å². The summed E-state index contributed by atoms with van der Waals surface area (Å²) >= 11 is 0. The summed E-state index contributed by atoms with van der Waals surface area (Å²) in [6, 6.07) is 6.59. The molecule has 2 aromatic rings. The van der Waals surface area contributed by atoms with Crippen LogP contribution in [-0.2, 0) is 13.0 Å². The first-order chi connectivity index (χ1) is 8.70. The van der Waals surface area contributed by atoms with Crippen molar-refractivity contribution in [3.63, 3.8) is 0 Å². The number of nitrogens with zero attached hydrogens (tertiary/aromatic N) is 3. The molecule has 0 aliphatic heterocycles. The summed E-state index contributed by atoms with van der Waals surface area (Å²) in [4.78, 5) is 14.5. The van der Waals surface area contributed by atoms with Crippen LogP contribution in [0.25, 0.3) is 0 Å². The van der Waals surface area contributed by atoms with Gasteiger partial charge in [-0.1, -0.05) is 12.1 Å². The predicted octanol–water partition coefficient (Wildman–Crippen LogP) is 1.34. The minimum absolute atomic E-state index is 0.101. The second kappa shape index (κ2) is 5.42. The van der Waals surface area contributed by atoms with Gasteiger partial charge in [0, 0.05) is 44.0 Å². The van der Waals surface area contributed by atoms with Crippen LogP contribution in [-0.4, -0.2) is 21.0 Å². The Morgan fingerprint density at radius 1 is 1.44 bits per heavy atom. The van der Waals surface area contributed by atoms with E-state index < -0.39 is 4.92 Å². The molecule has 0 unspecified atom stereocenters. The highest BCUT2D eigenvalue weighted by atomic mass is 16.6. The van der Waals surface area contributed by atoms with Crippen molar-refractivity contribution in [2.45, 2.75) is 13.0 Å². The minimum Gasteiger partial charge on any atom is -0.333 e. The van der Waals surface area contributed by atoms with Gasteiger partial charge < -0.3 is 10.3 Å². The van der Waals surface area contributed by atoms with E-state index in [1.807, 2.05) is 16.8 Å². The summed E-state index contributed by atoms with van der Waals surface area (Å²) in [6.07, 6.45) is 4.14. The van der Waals surface area contributed by atoms with E-state index in [-0.39, 0.29) is 5.69 Å². The lowest BCUT2D eigenvalue weighted by Gasteiger charge is -2.06. The summed E-state index contributed by atoms with van der Waals surface area (Å²) in [5.74, 6) is 0.862. The van der Waals surface area contributed by atoms with Gasteiger partial charge in [-0.15, -0.1) is 0 Å². The average molecular weight is 246 g/mol. The lowest BCUT2D eigenvalue weighted by atomic mass is 10.1. The molecule has 1 aromatic carbocycles. The maximum atomic E-state index is 10.7. The van der Waals surface area contributed by atoms with Crippen molar-refractivity contribution in [3.05, 3.63) is 58.2 Å². The largest absolute Gasteiger partial charge is 0.333 e. The fourth-order valence-corrected chi connectivity index (χ4v) is 1.81. The third-order valence-electron chi connectivity index (χ3n) is 2.66. The van der Waals surface area contributed by atoms with Crippen LogP contribution >= 0.6 is 0 Å². The van der Waals surface area contributed by atoms with Gasteiger partial charge in [-0.25, -0.2) is 4.98 Å². The highest BCUT2D eigenvalue weighted by molar-refractivity contribution is 5.35. The van der Waals surface area contributed by atoms with Crippen molar-refractivity contribution in [3.8, 4) is 0 Å². The van der Waals surface area contributed by atoms with Crippen molar-refractivity contribution in [1.82, 2.24) is 9.55 Å². The number of hydrogen-bond donors (Lipinski definition) is 1. The van der Waals surface area contributed by atoms with Gasteiger partial charge in [-0.05, 0) is 5.56 Å². The normalized spacial score (nSPS) is 10.5. The number of nitro benzene ring substituents is 1. The Balaban J connectivity index is 2.20. The monoisotopic (exact) mass is 246 g/mol. The second-order valence-corrected chi connectivity index (χ2v) is 3.93. The zero-order valence-electron chi connectivity index (χ0n) is 9.82. The molecule has 0 spiro atoms. The molecule has 0 saturated carbocycles. The third kappa shape index (κ3) is 2.72. The smallest absolute Gasteiger partial charge is 0.269 e. The van der Waals surface area contributed by atoms with E-state index in [1.165, 1.54) is 6.07 Å². The minimum atomic E-state index is -0.393. The van der Waals surface area contributed by atoms with Crippen LogP contribution in [0.3, 0.4) is 0 Å². The Morgan fingerprint density at radius 3 is 3.00 bits per heavy atom. The maximum absolute atomic E-state index is 10.7. The van der Waals surface area contributed by atoms with E-state index in [9.17, 15) is 10.1 Å². The average Bonchev–Trinajstić information content (AvgIpc) is 2.77. The van der Waals surface area contributed by atoms with Crippen LogP contribution in [0.4, 0.5) is 5.69 Å². The van der Waals surface area contributed by atoms with Gasteiger partial charge >= 0.3 is 0 Å². The maximum Gasteiger partial charge on any atom is 0.269 e. The van der Waals surface area contributed by atoms with Crippen LogP contribution in [0.2, 0.25) is 0 Å². The highest BCUT2D eigenvalue weighted by Crippen LogP contribution is 2.15. The molecule has 0 bridgehead atoms. The van der Waals surface area contributed by atoms with Crippen molar-refractivity contribution < 1.29 is 4.92 Å². The van der Waals surface area contributed by atoms with Gasteiger partial charge in [0.2, 0.25) is 0 Å². The Hall–Kier alpha value is -2.21. The number of non-ortho nitro benzene ring substituents is 1. The second-order valence-electron chi connectivity index (χ2n) is 3.93. The van der Waals surface area contributed by atoms with Gasteiger partial charge in [0.25, 0.3) is 5.69 Å². The van der Waals surface area contributed by atoms with Crippen molar-refractivity contribution in [2.75, 3.05) is 6.54 Å². The standard InChI is InChI=1S/C12H14N4O2/c13-4-6-15-7-5-14-12(15)9-10-2-1-3-11(8-10)16(17)18/h1-3,5,7-8H,4,6,9,13H2. The van der Waals surface area contributed by atoms with Crippen LogP contribution in [0.1, 0.15) is 11.4 Å². The van der Waals surface area contributed by atoms with Crippen LogP contribution in [0.5, 0.6) is 0 Å². The molecule has 2 rings (SSSR count). The van der Waals surface area contributed by atoms with E-state index in [2.05, 4.69) is 4.98 Å². The molecule has 18 heavy (non-hydrogen) atoms. The van der Waals surface area contributed by atoms with Gasteiger partial charge in [-0.2, -0.15) is 0 Å². The summed E-state index contributed by atoms with van der Waals surface area (Å²) < 4.78 is 1.96. The molecule has 6 nitrogen and oxygen atoms in total. The first kappa shape index (κ1) is 12.3. The summed E-state index contributed by atoms with van der Waals surface area (Å²) in [7, 11) is 0. The van der Waals surface area contributed by atoms with E-state index in [1.54, 1.807) is 18.3 Å². The lowest BCUT2D eigenvalue weighted by Crippen LogP contribution is -2.12. The number of nitro groups is 1. The Morgan fingerprint density at radius 2 is 2.28 bits per heavy atom. The Labute approximate surface area is 104 Å². The molecule has 0 atom stereocenters. The first-order valence-electron chi connectivity index (χ1n) is 5.64. The van der Waals surface area contributed by atoms with E-state index in [0.717, 1.165) is 11.4 Å². The highest BCUT2D eigenvalue weighted by Gasteiger charge is 2.08. The van der Waals surface area contributed by atoms with E-state index in [0.29, 0.717) is 19.5 Å². The molecule has 0 aliphatic carbocycles. The molecular formula is C12H14N4O2.